The lowest BCUT2D eigenvalue weighted by Crippen LogP contribution is -2.48. The fraction of sp³-hybridized carbons (Fsp3) is 0.600. The molecule has 1 aromatic carbocycles. The van der Waals surface area contributed by atoms with E-state index in [0.717, 1.165) is 26.2 Å². The van der Waals surface area contributed by atoms with E-state index in [1.54, 1.807) is 0 Å². The zero-order valence-electron chi connectivity index (χ0n) is 12.5. The summed E-state index contributed by atoms with van der Waals surface area (Å²) in [5, 5.41) is 13.4. The molecule has 1 atom stereocenters. The number of nitrogens with zero attached hydrogens (tertiary/aromatic N) is 1. The van der Waals surface area contributed by atoms with Gasteiger partial charge in [0, 0.05) is 37.8 Å². The molecule has 1 fully saturated rings. The molecule has 0 radical (unpaired) electrons. The van der Waals surface area contributed by atoms with Gasteiger partial charge in [0.25, 0.3) is 0 Å². The summed E-state index contributed by atoms with van der Waals surface area (Å²) in [5.74, 6) is -2.83. The maximum atomic E-state index is 13.9. The predicted molar refractivity (Wildman–Crippen MR) is 82.4 cm³/mol. The van der Waals surface area contributed by atoms with Crippen molar-refractivity contribution in [3.63, 3.8) is 0 Å². The van der Waals surface area contributed by atoms with Gasteiger partial charge in [-0.3, -0.25) is 4.90 Å². The van der Waals surface area contributed by atoms with E-state index in [4.69, 9.17) is 0 Å². The van der Waals surface area contributed by atoms with Crippen molar-refractivity contribution >= 4 is 15.9 Å². The third-order valence-corrected chi connectivity index (χ3v) is 4.37. The van der Waals surface area contributed by atoms with Gasteiger partial charge in [0.1, 0.15) is 0 Å². The number of rotatable bonds is 2. The number of halogens is 3. The first-order chi connectivity index (χ1) is 9.73. The van der Waals surface area contributed by atoms with Crippen LogP contribution in [0, 0.1) is 17.0 Å². The van der Waals surface area contributed by atoms with Crippen molar-refractivity contribution in [1.82, 2.24) is 10.2 Å². The SMILES string of the molecule is CC(C)(C)[C@H](c1cc(Br)c(F)c(F)c1O)N1CCNCC1. The minimum Gasteiger partial charge on any atom is -0.505 e. The van der Waals surface area contributed by atoms with Crippen LogP contribution in [0.2, 0.25) is 0 Å². The van der Waals surface area contributed by atoms with Crippen LogP contribution in [0.4, 0.5) is 8.78 Å². The van der Waals surface area contributed by atoms with Crippen LogP contribution in [-0.2, 0) is 0 Å². The molecule has 0 aliphatic carbocycles. The van der Waals surface area contributed by atoms with E-state index in [1.165, 1.54) is 6.07 Å². The Morgan fingerprint density at radius 1 is 1.24 bits per heavy atom. The molecule has 0 bridgehead atoms. The Morgan fingerprint density at radius 3 is 2.33 bits per heavy atom. The molecule has 1 aliphatic rings. The molecule has 3 nitrogen and oxygen atoms in total. The third-order valence-electron chi connectivity index (χ3n) is 3.80. The number of piperazine rings is 1. The molecule has 0 aromatic heterocycles. The quantitative estimate of drug-likeness (QED) is 0.791. The van der Waals surface area contributed by atoms with Crippen molar-refractivity contribution < 1.29 is 13.9 Å². The van der Waals surface area contributed by atoms with Gasteiger partial charge < -0.3 is 10.4 Å². The third kappa shape index (κ3) is 3.38. The predicted octanol–water partition coefficient (Wildman–Crippen LogP) is 3.43. The van der Waals surface area contributed by atoms with Gasteiger partial charge in [-0.05, 0) is 27.4 Å². The largest absolute Gasteiger partial charge is 0.505 e. The number of benzene rings is 1. The number of hydrogen-bond donors (Lipinski definition) is 2. The van der Waals surface area contributed by atoms with Crippen molar-refractivity contribution in [2.75, 3.05) is 26.2 Å². The topological polar surface area (TPSA) is 35.5 Å². The minimum atomic E-state index is -1.19. The summed E-state index contributed by atoms with van der Waals surface area (Å²) < 4.78 is 27.5. The summed E-state index contributed by atoms with van der Waals surface area (Å²) in [4.78, 5) is 2.20. The zero-order valence-corrected chi connectivity index (χ0v) is 14.1. The Kier molecular flexibility index (Phi) is 4.90. The van der Waals surface area contributed by atoms with Gasteiger partial charge in [-0.1, -0.05) is 20.8 Å². The number of aromatic hydroxyl groups is 1. The van der Waals surface area contributed by atoms with Crippen LogP contribution in [0.15, 0.2) is 10.5 Å². The highest BCUT2D eigenvalue weighted by atomic mass is 79.9. The Morgan fingerprint density at radius 2 is 1.81 bits per heavy atom. The summed E-state index contributed by atoms with van der Waals surface area (Å²) >= 11 is 3.03. The Labute approximate surface area is 132 Å². The van der Waals surface area contributed by atoms with Gasteiger partial charge in [0.05, 0.1) is 4.47 Å². The van der Waals surface area contributed by atoms with Gasteiger partial charge in [-0.25, -0.2) is 4.39 Å². The molecular formula is C15H21BrF2N2O. The summed E-state index contributed by atoms with van der Waals surface area (Å²) in [6.45, 7) is 9.41. The van der Waals surface area contributed by atoms with E-state index in [1.807, 2.05) is 20.8 Å². The zero-order chi connectivity index (χ0) is 15.8. The Balaban J connectivity index is 2.51. The lowest BCUT2D eigenvalue weighted by atomic mass is 9.80. The highest BCUT2D eigenvalue weighted by Crippen LogP contribution is 2.44. The number of phenolic OH excluding ortho intramolecular Hbond substituents is 1. The average Bonchev–Trinajstić information content (AvgIpc) is 2.42. The highest BCUT2D eigenvalue weighted by molar-refractivity contribution is 9.10. The summed E-state index contributed by atoms with van der Waals surface area (Å²) in [6.07, 6.45) is 0. The number of phenols is 1. The first kappa shape index (κ1) is 16.6. The molecule has 0 unspecified atom stereocenters. The van der Waals surface area contributed by atoms with Crippen molar-refractivity contribution in [2.45, 2.75) is 26.8 Å². The lowest BCUT2D eigenvalue weighted by Gasteiger charge is -2.42. The fourth-order valence-corrected chi connectivity index (χ4v) is 3.38. The van der Waals surface area contributed by atoms with Crippen molar-refractivity contribution in [3.8, 4) is 5.75 Å². The van der Waals surface area contributed by atoms with E-state index in [9.17, 15) is 13.9 Å². The highest BCUT2D eigenvalue weighted by Gasteiger charge is 2.36. The molecule has 0 saturated carbocycles. The standard InChI is InChI=1S/C15H21BrF2N2O/c1-15(2,3)14(20-6-4-19-5-7-20)9-8-10(16)11(17)12(18)13(9)21/h8,14,19,21H,4-7H2,1-3H3/t14-/m0/s1. The second-order valence-electron chi connectivity index (χ2n) is 6.48. The van der Waals surface area contributed by atoms with E-state index in [2.05, 4.69) is 26.1 Å². The monoisotopic (exact) mass is 362 g/mol. The van der Waals surface area contributed by atoms with Crippen LogP contribution in [0.3, 0.4) is 0 Å². The second-order valence-corrected chi connectivity index (χ2v) is 7.33. The maximum absolute atomic E-state index is 13.9. The molecular weight excluding hydrogens is 342 g/mol. The van der Waals surface area contributed by atoms with Crippen LogP contribution in [0.1, 0.15) is 32.4 Å². The van der Waals surface area contributed by atoms with Crippen molar-refractivity contribution in [1.29, 1.82) is 0 Å². The summed E-state index contributed by atoms with van der Waals surface area (Å²) in [5.41, 5.74) is 0.202. The van der Waals surface area contributed by atoms with Crippen molar-refractivity contribution in [3.05, 3.63) is 27.7 Å². The Hall–Kier alpha value is -0.720. The molecule has 21 heavy (non-hydrogen) atoms. The first-order valence-corrected chi connectivity index (χ1v) is 7.84. The van der Waals surface area contributed by atoms with Gasteiger partial charge in [-0.15, -0.1) is 0 Å². The Bertz CT molecular complexity index is 525. The molecule has 6 heteroatoms. The van der Waals surface area contributed by atoms with Crippen LogP contribution in [0.5, 0.6) is 5.75 Å². The van der Waals surface area contributed by atoms with Crippen LogP contribution < -0.4 is 5.32 Å². The molecule has 1 saturated heterocycles. The molecule has 0 amide bonds. The van der Waals surface area contributed by atoms with E-state index in [-0.39, 0.29) is 15.9 Å². The van der Waals surface area contributed by atoms with E-state index in [0.29, 0.717) is 5.56 Å². The second kappa shape index (κ2) is 6.18. The van der Waals surface area contributed by atoms with Crippen LogP contribution >= 0.6 is 15.9 Å². The molecule has 0 spiro atoms. The van der Waals surface area contributed by atoms with E-state index >= 15 is 0 Å². The maximum Gasteiger partial charge on any atom is 0.201 e. The number of nitrogens with one attached hydrogen (secondary N) is 1. The minimum absolute atomic E-state index is 0.0391. The van der Waals surface area contributed by atoms with Crippen LogP contribution in [-0.4, -0.2) is 36.2 Å². The summed E-state index contributed by atoms with van der Waals surface area (Å²) in [7, 11) is 0. The smallest absolute Gasteiger partial charge is 0.201 e. The summed E-state index contributed by atoms with van der Waals surface area (Å²) in [6, 6.07) is 1.30. The molecule has 1 aliphatic heterocycles. The average molecular weight is 363 g/mol. The van der Waals surface area contributed by atoms with Gasteiger partial charge in [0.15, 0.2) is 11.6 Å². The van der Waals surface area contributed by atoms with E-state index < -0.39 is 17.4 Å². The number of hydrogen-bond acceptors (Lipinski definition) is 3. The molecule has 118 valence electrons. The van der Waals surface area contributed by atoms with Crippen molar-refractivity contribution in [2.24, 2.45) is 5.41 Å². The molecule has 2 N–H and O–H groups in total. The van der Waals surface area contributed by atoms with Gasteiger partial charge in [0.2, 0.25) is 5.82 Å². The molecule has 1 aromatic rings. The molecule has 1 heterocycles. The normalized spacial score (nSPS) is 18.8. The molecule has 2 rings (SSSR count). The van der Waals surface area contributed by atoms with Gasteiger partial charge in [-0.2, -0.15) is 4.39 Å². The van der Waals surface area contributed by atoms with Crippen LogP contribution in [0.25, 0.3) is 0 Å². The fourth-order valence-electron chi connectivity index (χ4n) is 2.96. The first-order valence-electron chi connectivity index (χ1n) is 7.04. The lowest BCUT2D eigenvalue weighted by molar-refractivity contribution is 0.0836. The van der Waals surface area contributed by atoms with Gasteiger partial charge >= 0.3 is 0 Å².